The number of hydrogen-bond donors (Lipinski definition) is 0. The lowest BCUT2D eigenvalue weighted by molar-refractivity contribution is 0.739. The summed E-state index contributed by atoms with van der Waals surface area (Å²) in [5.41, 5.74) is 1.29. The second-order valence-corrected chi connectivity index (χ2v) is 3.96. The first-order valence-electron chi connectivity index (χ1n) is 5.96. The van der Waals surface area contributed by atoms with E-state index in [1.54, 1.807) is 12.4 Å². The number of anilines is 1. The molecule has 0 unspecified atom stereocenters. The molecule has 0 aliphatic carbocycles. The molecule has 3 nitrogen and oxygen atoms in total. The van der Waals surface area contributed by atoms with Gasteiger partial charge < -0.3 is 4.90 Å². The Bertz CT molecular complexity index is 428. The van der Waals surface area contributed by atoms with E-state index >= 15 is 0 Å². The minimum atomic E-state index is 0.804. The maximum Gasteiger partial charge on any atom is 0.225 e. The fourth-order valence-corrected chi connectivity index (χ4v) is 1.78. The van der Waals surface area contributed by atoms with Gasteiger partial charge in [-0.1, -0.05) is 37.3 Å². The topological polar surface area (TPSA) is 29.0 Å². The van der Waals surface area contributed by atoms with Crippen molar-refractivity contribution in [2.75, 3.05) is 11.4 Å². The molecule has 0 radical (unpaired) electrons. The lowest BCUT2D eigenvalue weighted by Crippen LogP contribution is -2.25. The summed E-state index contributed by atoms with van der Waals surface area (Å²) in [6.07, 6.45) is 4.66. The summed E-state index contributed by atoms with van der Waals surface area (Å²) in [5.74, 6) is 0.804. The van der Waals surface area contributed by atoms with E-state index < -0.39 is 0 Å². The molecular formula is C14H17N3. The second kappa shape index (κ2) is 5.99. The zero-order valence-electron chi connectivity index (χ0n) is 10.1. The largest absolute Gasteiger partial charge is 0.337 e. The molecule has 17 heavy (non-hydrogen) atoms. The van der Waals surface area contributed by atoms with Crippen LogP contribution in [0.3, 0.4) is 0 Å². The van der Waals surface area contributed by atoms with Gasteiger partial charge in [0.2, 0.25) is 5.95 Å². The van der Waals surface area contributed by atoms with Crippen LogP contribution in [-0.4, -0.2) is 16.5 Å². The summed E-state index contributed by atoms with van der Waals surface area (Å²) < 4.78 is 0. The zero-order chi connectivity index (χ0) is 11.9. The van der Waals surface area contributed by atoms with Gasteiger partial charge in [-0.05, 0) is 18.1 Å². The Morgan fingerprint density at radius 1 is 1.00 bits per heavy atom. The summed E-state index contributed by atoms with van der Waals surface area (Å²) in [7, 11) is 0. The Morgan fingerprint density at radius 3 is 2.35 bits per heavy atom. The maximum atomic E-state index is 4.31. The van der Waals surface area contributed by atoms with Crippen molar-refractivity contribution in [3.8, 4) is 0 Å². The minimum absolute atomic E-state index is 0.804. The normalized spacial score (nSPS) is 10.2. The molecule has 3 heteroatoms. The predicted molar refractivity (Wildman–Crippen MR) is 69.8 cm³/mol. The highest BCUT2D eigenvalue weighted by molar-refractivity contribution is 5.31. The van der Waals surface area contributed by atoms with Gasteiger partial charge >= 0.3 is 0 Å². The monoisotopic (exact) mass is 227 g/mol. The van der Waals surface area contributed by atoms with Crippen molar-refractivity contribution >= 4 is 5.95 Å². The van der Waals surface area contributed by atoms with Crippen LogP contribution in [0.2, 0.25) is 0 Å². The van der Waals surface area contributed by atoms with Crippen LogP contribution in [0.5, 0.6) is 0 Å². The van der Waals surface area contributed by atoms with Crippen LogP contribution in [0.25, 0.3) is 0 Å². The van der Waals surface area contributed by atoms with Gasteiger partial charge in [-0.3, -0.25) is 0 Å². The Morgan fingerprint density at radius 2 is 1.71 bits per heavy atom. The van der Waals surface area contributed by atoms with Crippen molar-refractivity contribution in [2.45, 2.75) is 19.9 Å². The van der Waals surface area contributed by atoms with Crippen LogP contribution < -0.4 is 4.90 Å². The molecule has 0 bridgehead atoms. The molecule has 0 N–H and O–H groups in total. The summed E-state index contributed by atoms with van der Waals surface area (Å²) in [6.45, 7) is 4.00. The van der Waals surface area contributed by atoms with Crippen molar-refractivity contribution in [2.24, 2.45) is 0 Å². The van der Waals surface area contributed by atoms with Gasteiger partial charge in [-0.2, -0.15) is 0 Å². The molecule has 0 spiro atoms. The van der Waals surface area contributed by atoms with Crippen molar-refractivity contribution in [3.63, 3.8) is 0 Å². The van der Waals surface area contributed by atoms with Crippen molar-refractivity contribution in [3.05, 3.63) is 54.4 Å². The Kier molecular flexibility index (Phi) is 4.08. The molecule has 0 saturated heterocycles. The van der Waals surface area contributed by atoms with Gasteiger partial charge in [0.1, 0.15) is 0 Å². The number of nitrogens with zero attached hydrogens (tertiary/aromatic N) is 3. The highest BCUT2D eigenvalue weighted by Crippen LogP contribution is 2.11. The van der Waals surface area contributed by atoms with E-state index in [0.717, 1.165) is 25.5 Å². The maximum absolute atomic E-state index is 4.31. The van der Waals surface area contributed by atoms with Crippen molar-refractivity contribution < 1.29 is 0 Å². The van der Waals surface area contributed by atoms with Gasteiger partial charge in [0.25, 0.3) is 0 Å². The van der Waals surface area contributed by atoms with E-state index in [9.17, 15) is 0 Å². The zero-order valence-corrected chi connectivity index (χ0v) is 10.1. The SMILES string of the molecule is CCCN(Cc1ccccc1)c1ncccn1. The van der Waals surface area contributed by atoms with Crippen LogP contribution in [0.15, 0.2) is 48.8 Å². The van der Waals surface area contributed by atoms with Crippen LogP contribution in [-0.2, 0) is 6.54 Å². The van der Waals surface area contributed by atoms with Gasteiger partial charge in [0, 0.05) is 25.5 Å². The highest BCUT2D eigenvalue weighted by Gasteiger charge is 2.07. The molecule has 1 aromatic heterocycles. The molecule has 1 heterocycles. The van der Waals surface area contributed by atoms with Gasteiger partial charge in [0.15, 0.2) is 0 Å². The summed E-state index contributed by atoms with van der Waals surface area (Å²) in [4.78, 5) is 10.8. The number of hydrogen-bond acceptors (Lipinski definition) is 3. The van der Waals surface area contributed by atoms with Crippen LogP contribution >= 0.6 is 0 Å². The summed E-state index contributed by atoms with van der Waals surface area (Å²) in [6, 6.07) is 12.3. The fraction of sp³-hybridized carbons (Fsp3) is 0.286. The molecule has 0 aliphatic heterocycles. The first-order chi connectivity index (χ1) is 8.40. The first-order valence-corrected chi connectivity index (χ1v) is 5.96. The molecule has 0 atom stereocenters. The van der Waals surface area contributed by atoms with E-state index in [4.69, 9.17) is 0 Å². The third kappa shape index (κ3) is 3.28. The average molecular weight is 227 g/mol. The molecule has 0 amide bonds. The van der Waals surface area contributed by atoms with Gasteiger partial charge in [0.05, 0.1) is 0 Å². The van der Waals surface area contributed by atoms with Gasteiger partial charge in [-0.25, -0.2) is 9.97 Å². The van der Waals surface area contributed by atoms with Crippen LogP contribution in [0.1, 0.15) is 18.9 Å². The van der Waals surface area contributed by atoms with E-state index in [2.05, 4.69) is 46.1 Å². The van der Waals surface area contributed by atoms with Crippen molar-refractivity contribution in [1.29, 1.82) is 0 Å². The third-order valence-corrected chi connectivity index (χ3v) is 2.54. The fourth-order valence-electron chi connectivity index (χ4n) is 1.78. The standard InChI is InChI=1S/C14H17N3/c1-2-11-17(14-15-9-6-10-16-14)12-13-7-4-3-5-8-13/h3-10H,2,11-12H2,1H3. The third-order valence-electron chi connectivity index (χ3n) is 2.54. The molecule has 0 fully saturated rings. The van der Waals surface area contributed by atoms with E-state index in [1.807, 2.05) is 12.1 Å². The number of benzene rings is 1. The molecule has 2 rings (SSSR count). The number of rotatable bonds is 5. The van der Waals surface area contributed by atoms with Crippen molar-refractivity contribution in [1.82, 2.24) is 9.97 Å². The van der Waals surface area contributed by atoms with E-state index in [0.29, 0.717) is 0 Å². The quantitative estimate of drug-likeness (QED) is 0.786. The first kappa shape index (κ1) is 11.6. The molecular weight excluding hydrogens is 210 g/mol. The lowest BCUT2D eigenvalue weighted by atomic mass is 10.2. The minimum Gasteiger partial charge on any atom is -0.337 e. The summed E-state index contributed by atoms with van der Waals surface area (Å²) >= 11 is 0. The van der Waals surface area contributed by atoms with Crippen LogP contribution in [0.4, 0.5) is 5.95 Å². The Hall–Kier alpha value is -1.90. The Balaban J connectivity index is 2.13. The average Bonchev–Trinajstić information content (AvgIpc) is 2.40. The Labute approximate surface area is 102 Å². The van der Waals surface area contributed by atoms with E-state index in [-0.39, 0.29) is 0 Å². The smallest absolute Gasteiger partial charge is 0.225 e. The second-order valence-electron chi connectivity index (χ2n) is 3.96. The molecule has 2 aromatic rings. The predicted octanol–water partition coefficient (Wildman–Crippen LogP) is 2.89. The lowest BCUT2D eigenvalue weighted by Gasteiger charge is -2.21. The number of aromatic nitrogens is 2. The molecule has 1 aromatic carbocycles. The van der Waals surface area contributed by atoms with Crippen LogP contribution in [0, 0.1) is 0 Å². The molecule has 0 saturated carbocycles. The highest BCUT2D eigenvalue weighted by atomic mass is 15.2. The molecule has 0 aliphatic rings. The molecule has 88 valence electrons. The van der Waals surface area contributed by atoms with E-state index in [1.165, 1.54) is 5.56 Å². The van der Waals surface area contributed by atoms with Gasteiger partial charge in [-0.15, -0.1) is 0 Å². The summed E-state index contributed by atoms with van der Waals surface area (Å²) in [5, 5.41) is 0.